The van der Waals surface area contributed by atoms with Crippen molar-refractivity contribution >= 4 is 34.2 Å². The Morgan fingerprint density at radius 2 is 1.94 bits per heavy atom. The van der Waals surface area contributed by atoms with Gasteiger partial charge in [-0.1, -0.05) is 41.1 Å². The quantitative estimate of drug-likeness (QED) is 0.393. The van der Waals surface area contributed by atoms with Crippen molar-refractivity contribution < 1.29 is 9.18 Å². The van der Waals surface area contributed by atoms with Gasteiger partial charge in [-0.3, -0.25) is 4.79 Å². The number of amides is 1. The third kappa shape index (κ3) is 4.47. The molecule has 0 aliphatic rings. The van der Waals surface area contributed by atoms with Crippen molar-refractivity contribution in [2.75, 3.05) is 4.90 Å². The fourth-order valence-electron chi connectivity index (χ4n) is 3.65. The van der Waals surface area contributed by atoms with Crippen LogP contribution in [0.4, 0.5) is 10.1 Å². The van der Waals surface area contributed by atoms with Crippen LogP contribution in [-0.2, 0) is 17.9 Å². The van der Waals surface area contributed by atoms with E-state index in [9.17, 15) is 9.18 Å². The number of H-pyrrole nitrogens is 1. The number of benzene rings is 3. The molecule has 0 saturated carbocycles. The van der Waals surface area contributed by atoms with Gasteiger partial charge in [-0.25, -0.2) is 14.1 Å². The van der Waals surface area contributed by atoms with Crippen molar-refractivity contribution in [1.29, 1.82) is 0 Å². The molecule has 1 amide bonds. The number of imidazole rings is 1. The van der Waals surface area contributed by atoms with Crippen molar-refractivity contribution in [3.8, 4) is 11.3 Å². The van der Waals surface area contributed by atoms with E-state index in [1.165, 1.54) is 16.8 Å². The predicted molar refractivity (Wildman–Crippen MR) is 124 cm³/mol. The van der Waals surface area contributed by atoms with Gasteiger partial charge in [-0.2, -0.15) is 0 Å². The molecule has 2 heterocycles. The summed E-state index contributed by atoms with van der Waals surface area (Å²) in [5.74, 6) is -0.596. The zero-order chi connectivity index (χ0) is 22.8. The summed E-state index contributed by atoms with van der Waals surface area (Å²) < 4.78 is 15.0. The lowest BCUT2D eigenvalue weighted by Gasteiger charge is -2.23. The highest BCUT2D eigenvalue weighted by molar-refractivity contribution is 6.30. The molecule has 33 heavy (non-hydrogen) atoms. The molecular weight excluding hydrogens is 443 g/mol. The molecule has 0 unspecified atom stereocenters. The fraction of sp³-hybridized carbons (Fsp3) is 0.0833. The average molecular weight is 461 g/mol. The number of carbonyl (C=O) groups is 1. The lowest BCUT2D eigenvalue weighted by Crippen LogP contribution is -2.33. The van der Waals surface area contributed by atoms with Gasteiger partial charge >= 0.3 is 0 Å². The number of aromatic amines is 1. The Morgan fingerprint density at radius 3 is 2.70 bits per heavy atom. The highest BCUT2D eigenvalue weighted by atomic mass is 35.5. The zero-order valence-electron chi connectivity index (χ0n) is 17.3. The number of fused-ring (bicyclic) bond motifs is 1. The van der Waals surface area contributed by atoms with Crippen LogP contribution in [0.25, 0.3) is 22.3 Å². The van der Waals surface area contributed by atoms with E-state index in [2.05, 4.69) is 20.3 Å². The van der Waals surface area contributed by atoms with E-state index in [0.717, 1.165) is 22.5 Å². The summed E-state index contributed by atoms with van der Waals surface area (Å²) in [7, 11) is 0. The first kappa shape index (κ1) is 20.8. The average Bonchev–Trinajstić information content (AvgIpc) is 3.48. The predicted octanol–water partition coefficient (Wildman–Crippen LogP) is 4.85. The Kier molecular flexibility index (Phi) is 5.58. The summed E-state index contributed by atoms with van der Waals surface area (Å²) in [5.41, 5.74) is 4.43. The Morgan fingerprint density at radius 1 is 1.09 bits per heavy atom. The van der Waals surface area contributed by atoms with Gasteiger partial charge in [0.25, 0.3) is 0 Å². The third-order valence-corrected chi connectivity index (χ3v) is 5.52. The van der Waals surface area contributed by atoms with Crippen LogP contribution in [0.1, 0.15) is 5.56 Å². The van der Waals surface area contributed by atoms with Crippen LogP contribution in [0.3, 0.4) is 0 Å². The number of aromatic nitrogens is 5. The van der Waals surface area contributed by atoms with Crippen LogP contribution < -0.4 is 4.90 Å². The molecule has 0 radical (unpaired) electrons. The molecule has 9 heteroatoms. The van der Waals surface area contributed by atoms with E-state index in [0.29, 0.717) is 22.6 Å². The molecule has 0 fully saturated rings. The lowest BCUT2D eigenvalue weighted by molar-refractivity contribution is -0.119. The maximum Gasteiger partial charge on any atom is 0.249 e. The van der Waals surface area contributed by atoms with E-state index in [-0.39, 0.29) is 12.5 Å². The number of nitrogens with zero attached hydrogens (tertiary/aromatic N) is 5. The third-order valence-electron chi connectivity index (χ3n) is 5.28. The summed E-state index contributed by atoms with van der Waals surface area (Å²) in [6, 6.07) is 19.2. The maximum absolute atomic E-state index is 13.5. The van der Waals surface area contributed by atoms with Crippen molar-refractivity contribution in [3.05, 3.63) is 95.7 Å². The van der Waals surface area contributed by atoms with Crippen molar-refractivity contribution in [2.45, 2.75) is 13.1 Å². The number of halogens is 2. The Hall–Kier alpha value is -4.04. The normalized spacial score (nSPS) is 11.1. The van der Waals surface area contributed by atoms with Crippen LogP contribution in [0.2, 0.25) is 5.02 Å². The summed E-state index contributed by atoms with van der Waals surface area (Å²) >= 11 is 6.16. The summed E-state index contributed by atoms with van der Waals surface area (Å²) in [5, 5.41) is 8.61. The summed E-state index contributed by atoms with van der Waals surface area (Å²) in [6.45, 7) is 0.273. The van der Waals surface area contributed by atoms with Crippen molar-refractivity contribution in [3.63, 3.8) is 0 Å². The Labute approximate surface area is 193 Å². The topological polar surface area (TPSA) is 79.7 Å². The number of hydrogen-bond acceptors (Lipinski definition) is 4. The minimum absolute atomic E-state index is 0.0506. The molecule has 0 saturated heterocycles. The number of hydrogen-bond donors (Lipinski definition) is 1. The number of carbonyl (C=O) groups excluding carboxylic acids is 1. The lowest BCUT2D eigenvalue weighted by atomic mass is 10.1. The van der Waals surface area contributed by atoms with Crippen LogP contribution in [0, 0.1) is 5.82 Å². The largest absolute Gasteiger partial charge is 0.345 e. The van der Waals surface area contributed by atoms with Gasteiger partial charge in [-0.15, -0.1) is 5.10 Å². The molecule has 164 valence electrons. The van der Waals surface area contributed by atoms with Gasteiger partial charge in [0.2, 0.25) is 5.91 Å². The molecule has 0 atom stereocenters. The Balaban J connectivity index is 1.46. The highest BCUT2D eigenvalue weighted by Gasteiger charge is 2.19. The van der Waals surface area contributed by atoms with Gasteiger partial charge in [0.05, 0.1) is 30.3 Å². The highest BCUT2D eigenvalue weighted by Crippen LogP contribution is 2.24. The SMILES string of the molecule is O=C(Cn1nnc2cc(F)ccc21)N(Cc1cccc(Cl)c1)c1ccc(-c2cnc[nH]2)cc1. The zero-order valence-corrected chi connectivity index (χ0v) is 18.1. The Bertz CT molecular complexity index is 1410. The summed E-state index contributed by atoms with van der Waals surface area (Å²) in [6.07, 6.45) is 3.36. The van der Waals surface area contributed by atoms with Crippen molar-refractivity contribution in [2.24, 2.45) is 0 Å². The van der Waals surface area contributed by atoms with E-state index in [1.54, 1.807) is 29.6 Å². The number of nitrogens with one attached hydrogen (secondary N) is 1. The first-order chi connectivity index (χ1) is 16.1. The van der Waals surface area contributed by atoms with Gasteiger partial charge < -0.3 is 9.88 Å². The molecule has 0 aliphatic heterocycles. The first-order valence-corrected chi connectivity index (χ1v) is 10.6. The second kappa shape index (κ2) is 8.84. The second-order valence-electron chi connectivity index (χ2n) is 7.50. The first-order valence-electron chi connectivity index (χ1n) is 10.2. The monoisotopic (exact) mass is 460 g/mol. The molecule has 5 aromatic rings. The molecule has 1 N–H and O–H groups in total. The number of rotatable bonds is 6. The smallest absolute Gasteiger partial charge is 0.249 e. The standard InChI is InChI=1S/C24H18ClFN6O/c25-18-3-1-2-16(10-18)13-31(20-7-4-17(5-8-20)22-12-27-15-28-22)24(33)14-32-23-9-6-19(26)11-21(23)29-30-32/h1-12,15H,13-14H2,(H,27,28). The molecule has 0 spiro atoms. The van der Waals surface area contributed by atoms with Gasteiger partial charge in [0.15, 0.2) is 0 Å². The second-order valence-corrected chi connectivity index (χ2v) is 7.94. The molecule has 5 rings (SSSR count). The fourth-order valence-corrected chi connectivity index (χ4v) is 3.86. The van der Waals surface area contributed by atoms with E-state index in [4.69, 9.17) is 11.6 Å². The van der Waals surface area contributed by atoms with Crippen LogP contribution >= 0.6 is 11.6 Å². The van der Waals surface area contributed by atoms with Gasteiger partial charge in [0, 0.05) is 16.8 Å². The molecule has 7 nitrogen and oxygen atoms in total. The molecule has 0 bridgehead atoms. The minimum Gasteiger partial charge on any atom is -0.345 e. The summed E-state index contributed by atoms with van der Waals surface area (Å²) in [4.78, 5) is 22.2. The number of anilines is 1. The van der Waals surface area contributed by atoms with Crippen LogP contribution in [0.5, 0.6) is 0 Å². The van der Waals surface area contributed by atoms with E-state index in [1.807, 2.05) is 42.5 Å². The molecule has 3 aromatic carbocycles. The van der Waals surface area contributed by atoms with E-state index >= 15 is 0 Å². The minimum atomic E-state index is -0.402. The van der Waals surface area contributed by atoms with Gasteiger partial charge in [0.1, 0.15) is 17.9 Å². The van der Waals surface area contributed by atoms with E-state index < -0.39 is 5.82 Å². The molecule has 2 aromatic heterocycles. The van der Waals surface area contributed by atoms with Crippen molar-refractivity contribution in [1.82, 2.24) is 25.0 Å². The van der Waals surface area contributed by atoms with Crippen LogP contribution in [0.15, 0.2) is 79.3 Å². The molecular formula is C24H18ClFN6O. The van der Waals surface area contributed by atoms with Crippen LogP contribution in [-0.4, -0.2) is 30.9 Å². The maximum atomic E-state index is 13.5. The molecule has 0 aliphatic carbocycles. The van der Waals surface area contributed by atoms with Gasteiger partial charge in [-0.05, 0) is 47.5 Å².